The lowest BCUT2D eigenvalue weighted by Gasteiger charge is -2.42. The Morgan fingerprint density at radius 1 is 1.21 bits per heavy atom. The molecule has 1 aromatic carbocycles. The van der Waals surface area contributed by atoms with Gasteiger partial charge in [0.15, 0.2) is 0 Å². The maximum absolute atomic E-state index is 13.3. The molecular formula is C16H22N4O5S3. The summed E-state index contributed by atoms with van der Waals surface area (Å²) in [5, 5.41) is 0. The molecule has 0 aliphatic carbocycles. The van der Waals surface area contributed by atoms with E-state index in [0.717, 1.165) is 11.7 Å². The Balaban J connectivity index is 1.66. The maximum atomic E-state index is 13.3. The lowest BCUT2D eigenvalue weighted by Crippen LogP contribution is -2.50. The van der Waals surface area contributed by atoms with Gasteiger partial charge in [-0.15, -0.1) is 0 Å². The standard InChI is InChI=1S/C16H22N4O5S3/c1-25-11-16-6-7-19(8-12(16)9-20(10-16)27(2,21)22)28(23,24)14-5-3-4-13-15(14)18-26-17-13/h3-5,12H,6-11H2,1-2H3/t12-,16+/m1/s1. The van der Waals surface area contributed by atoms with Crippen LogP contribution in [0.1, 0.15) is 6.42 Å². The van der Waals surface area contributed by atoms with E-state index in [1.54, 1.807) is 25.3 Å². The number of ether oxygens (including phenoxy) is 1. The molecule has 2 aliphatic heterocycles. The highest BCUT2D eigenvalue weighted by molar-refractivity contribution is 7.89. The normalized spacial score (nSPS) is 27.3. The number of methoxy groups -OCH3 is 1. The smallest absolute Gasteiger partial charge is 0.245 e. The highest BCUT2D eigenvalue weighted by Gasteiger charge is 2.53. The van der Waals surface area contributed by atoms with Gasteiger partial charge in [-0.2, -0.15) is 13.1 Å². The monoisotopic (exact) mass is 446 g/mol. The summed E-state index contributed by atoms with van der Waals surface area (Å²) in [5.41, 5.74) is 0.573. The van der Waals surface area contributed by atoms with E-state index in [1.165, 1.54) is 14.9 Å². The van der Waals surface area contributed by atoms with Crippen LogP contribution in [0.3, 0.4) is 0 Å². The van der Waals surface area contributed by atoms with E-state index in [9.17, 15) is 16.8 Å². The predicted molar refractivity (Wildman–Crippen MR) is 105 cm³/mol. The molecule has 154 valence electrons. The highest BCUT2D eigenvalue weighted by atomic mass is 32.2. The molecule has 1 aromatic heterocycles. The fourth-order valence-electron chi connectivity index (χ4n) is 4.33. The van der Waals surface area contributed by atoms with Crippen LogP contribution in [0, 0.1) is 11.3 Å². The average Bonchev–Trinajstić information content (AvgIpc) is 3.25. The molecule has 2 saturated heterocycles. The van der Waals surface area contributed by atoms with E-state index in [1.807, 2.05) is 0 Å². The largest absolute Gasteiger partial charge is 0.384 e. The van der Waals surface area contributed by atoms with Crippen molar-refractivity contribution in [2.45, 2.75) is 11.3 Å². The molecule has 2 atom stereocenters. The van der Waals surface area contributed by atoms with Gasteiger partial charge in [0.2, 0.25) is 20.0 Å². The van der Waals surface area contributed by atoms with E-state index in [0.29, 0.717) is 43.7 Å². The van der Waals surface area contributed by atoms with Crippen LogP contribution in [0.15, 0.2) is 23.1 Å². The Labute approximate surface area is 168 Å². The van der Waals surface area contributed by atoms with E-state index >= 15 is 0 Å². The zero-order valence-corrected chi connectivity index (χ0v) is 18.1. The first-order chi connectivity index (χ1) is 13.2. The number of sulfonamides is 2. The van der Waals surface area contributed by atoms with E-state index in [4.69, 9.17) is 4.74 Å². The van der Waals surface area contributed by atoms with Gasteiger partial charge < -0.3 is 4.74 Å². The van der Waals surface area contributed by atoms with Crippen molar-refractivity contribution in [1.82, 2.24) is 17.4 Å². The second kappa shape index (κ2) is 6.96. The molecule has 0 spiro atoms. The number of hydrogen-bond donors (Lipinski definition) is 0. The van der Waals surface area contributed by atoms with Crippen LogP contribution in [0.2, 0.25) is 0 Å². The van der Waals surface area contributed by atoms with Gasteiger partial charge in [-0.25, -0.2) is 21.1 Å². The second-order valence-corrected chi connectivity index (χ2v) is 12.0. The molecule has 0 saturated carbocycles. The van der Waals surface area contributed by atoms with Gasteiger partial charge in [0, 0.05) is 38.7 Å². The quantitative estimate of drug-likeness (QED) is 0.662. The van der Waals surface area contributed by atoms with Crippen molar-refractivity contribution in [1.29, 1.82) is 0 Å². The van der Waals surface area contributed by atoms with Gasteiger partial charge in [-0.05, 0) is 24.5 Å². The fraction of sp³-hybridized carbons (Fsp3) is 0.625. The van der Waals surface area contributed by atoms with Crippen LogP contribution in [-0.2, 0) is 24.8 Å². The zero-order chi connectivity index (χ0) is 20.2. The Morgan fingerprint density at radius 3 is 2.68 bits per heavy atom. The third-order valence-corrected chi connectivity index (χ3v) is 9.49. The summed E-state index contributed by atoms with van der Waals surface area (Å²) in [6, 6.07) is 4.95. The highest BCUT2D eigenvalue weighted by Crippen LogP contribution is 2.45. The van der Waals surface area contributed by atoms with Gasteiger partial charge in [-0.3, -0.25) is 0 Å². The number of hydrogen-bond acceptors (Lipinski definition) is 8. The van der Waals surface area contributed by atoms with Crippen LogP contribution in [0.5, 0.6) is 0 Å². The van der Waals surface area contributed by atoms with Crippen LogP contribution in [0.25, 0.3) is 11.0 Å². The molecule has 0 bridgehead atoms. The molecule has 0 N–H and O–H groups in total. The third-order valence-electron chi connectivity index (χ3n) is 5.83. The first-order valence-corrected chi connectivity index (χ1v) is 12.8. The van der Waals surface area contributed by atoms with E-state index in [2.05, 4.69) is 8.75 Å². The molecule has 28 heavy (non-hydrogen) atoms. The van der Waals surface area contributed by atoms with Gasteiger partial charge in [0.1, 0.15) is 15.9 Å². The van der Waals surface area contributed by atoms with Crippen molar-refractivity contribution in [3.8, 4) is 0 Å². The summed E-state index contributed by atoms with van der Waals surface area (Å²) in [5.74, 6) is -0.126. The molecule has 0 amide bonds. The van der Waals surface area contributed by atoms with Gasteiger partial charge in [0.05, 0.1) is 24.6 Å². The summed E-state index contributed by atoms with van der Waals surface area (Å²) < 4.78 is 67.4. The maximum Gasteiger partial charge on any atom is 0.245 e. The molecule has 12 heteroatoms. The number of nitrogens with zero attached hydrogens (tertiary/aromatic N) is 4. The number of piperidine rings is 1. The summed E-state index contributed by atoms with van der Waals surface area (Å²) in [6.45, 7) is 1.64. The van der Waals surface area contributed by atoms with E-state index in [-0.39, 0.29) is 22.8 Å². The SMILES string of the molecule is COC[C@@]12CCN(S(=O)(=O)c3cccc4nsnc34)C[C@@H]1CN(S(C)(=O)=O)C2. The van der Waals surface area contributed by atoms with Gasteiger partial charge in [-0.1, -0.05) is 6.07 Å². The van der Waals surface area contributed by atoms with Crippen LogP contribution >= 0.6 is 11.7 Å². The molecule has 4 rings (SSSR count). The van der Waals surface area contributed by atoms with Crippen molar-refractivity contribution in [2.75, 3.05) is 46.2 Å². The average molecular weight is 447 g/mol. The molecule has 2 aliphatic rings. The van der Waals surface area contributed by atoms with Crippen molar-refractivity contribution in [3.63, 3.8) is 0 Å². The number of rotatable bonds is 5. The Morgan fingerprint density at radius 2 is 1.96 bits per heavy atom. The molecular weight excluding hydrogens is 424 g/mol. The van der Waals surface area contributed by atoms with Gasteiger partial charge in [0.25, 0.3) is 0 Å². The minimum Gasteiger partial charge on any atom is -0.384 e. The van der Waals surface area contributed by atoms with Crippen molar-refractivity contribution in [2.24, 2.45) is 11.3 Å². The first-order valence-electron chi connectivity index (χ1n) is 8.83. The molecule has 2 aromatic rings. The topological polar surface area (TPSA) is 110 Å². The van der Waals surface area contributed by atoms with Crippen LogP contribution < -0.4 is 0 Å². The molecule has 2 fully saturated rings. The summed E-state index contributed by atoms with van der Waals surface area (Å²) in [6.07, 6.45) is 1.73. The zero-order valence-electron chi connectivity index (χ0n) is 15.6. The summed E-state index contributed by atoms with van der Waals surface area (Å²) in [4.78, 5) is 0.149. The van der Waals surface area contributed by atoms with Crippen molar-refractivity contribution >= 4 is 42.8 Å². The van der Waals surface area contributed by atoms with Crippen LogP contribution in [0.4, 0.5) is 0 Å². The summed E-state index contributed by atoms with van der Waals surface area (Å²) >= 11 is 0.981. The second-order valence-electron chi connectivity index (χ2n) is 7.55. The minimum absolute atomic E-state index is 0.126. The molecule has 0 radical (unpaired) electrons. The third kappa shape index (κ3) is 3.25. The van der Waals surface area contributed by atoms with Crippen molar-refractivity contribution < 1.29 is 21.6 Å². The van der Waals surface area contributed by atoms with Gasteiger partial charge >= 0.3 is 0 Å². The molecule has 0 unspecified atom stereocenters. The summed E-state index contributed by atoms with van der Waals surface area (Å²) in [7, 11) is -5.52. The first kappa shape index (κ1) is 20.1. The van der Waals surface area contributed by atoms with E-state index < -0.39 is 20.0 Å². The van der Waals surface area contributed by atoms with Crippen molar-refractivity contribution in [3.05, 3.63) is 18.2 Å². The lowest BCUT2D eigenvalue weighted by molar-refractivity contribution is 0.0209. The number of aromatic nitrogens is 2. The number of fused-ring (bicyclic) bond motifs is 2. The minimum atomic E-state index is -3.76. The Hall–Kier alpha value is -1.18. The Kier molecular flexibility index (Phi) is 5.00. The fourth-order valence-corrected chi connectivity index (χ4v) is 7.51. The molecule has 9 nitrogen and oxygen atoms in total. The lowest BCUT2D eigenvalue weighted by atomic mass is 9.74. The van der Waals surface area contributed by atoms with Crippen LogP contribution in [-0.4, -0.2) is 80.3 Å². The Bertz CT molecular complexity index is 1100. The number of benzene rings is 1. The molecule has 3 heterocycles. The predicted octanol–water partition coefficient (Wildman–Crippen LogP) is 0.610.